The highest BCUT2D eigenvalue weighted by molar-refractivity contribution is 6.46. The predicted molar refractivity (Wildman–Crippen MR) is 129 cm³/mol. The number of nitrogens with one attached hydrogen (secondary N) is 1. The molecule has 2 heterocycles. The van der Waals surface area contributed by atoms with E-state index >= 15 is 0 Å². The van der Waals surface area contributed by atoms with Crippen molar-refractivity contribution in [1.82, 2.24) is 0 Å². The number of imide groups is 1. The van der Waals surface area contributed by atoms with Gasteiger partial charge in [0.1, 0.15) is 24.7 Å². The van der Waals surface area contributed by atoms with E-state index in [4.69, 9.17) is 14.2 Å². The minimum Gasteiger partial charge on any atom is -0.495 e. The van der Waals surface area contributed by atoms with Crippen molar-refractivity contribution in [3.8, 4) is 17.2 Å². The molecule has 2 aliphatic rings. The van der Waals surface area contributed by atoms with Crippen molar-refractivity contribution in [3.05, 3.63) is 83.1 Å². The van der Waals surface area contributed by atoms with Gasteiger partial charge in [0.25, 0.3) is 11.8 Å². The second-order valence-electron chi connectivity index (χ2n) is 8.17. The van der Waals surface area contributed by atoms with E-state index in [0.717, 1.165) is 11.1 Å². The van der Waals surface area contributed by atoms with Gasteiger partial charge in [-0.15, -0.1) is 0 Å². The molecule has 5 rings (SSSR count). The van der Waals surface area contributed by atoms with Crippen LogP contribution in [0, 0.1) is 13.8 Å². The Labute approximate surface area is 197 Å². The molecule has 0 fully saturated rings. The molecule has 172 valence electrons. The van der Waals surface area contributed by atoms with Crippen molar-refractivity contribution in [3.63, 3.8) is 0 Å². The van der Waals surface area contributed by atoms with Gasteiger partial charge in [0.05, 0.1) is 24.1 Å². The highest BCUT2D eigenvalue weighted by atomic mass is 16.6. The third-order valence-corrected chi connectivity index (χ3v) is 5.89. The third kappa shape index (κ3) is 3.65. The Kier molecular flexibility index (Phi) is 5.45. The Hall–Kier alpha value is -4.26. The first kappa shape index (κ1) is 21.6. The quantitative estimate of drug-likeness (QED) is 0.571. The van der Waals surface area contributed by atoms with Gasteiger partial charge in [-0.1, -0.05) is 35.9 Å². The Morgan fingerprint density at radius 2 is 1.65 bits per heavy atom. The lowest BCUT2D eigenvalue weighted by atomic mass is 9.97. The minimum atomic E-state index is -0.456. The van der Waals surface area contributed by atoms with Crippen molar-refractivity contribution < 1.29 is 23.8 Å². The van der Waals surface area contributed by atoms with Crippen LogP contribution in [0.5, 0.6) is 17.2 Å². The zero-order valence-corrected chi connectivity index (χ0v) is 19.2. The molecule has 34 heavy (non-hydrogen) atoms. The van der Waals surface area contributed by atoms with E-state index in [2.05, 4.69) is 5.32 Å². The van der Waals surface area contributed by atoms with Gasteiger partial charge in [0, 0.05) is 6.07 Å². The van der Waals surface area contributed by atoms with Crippen LogP contribution in [0.25, 0.3) is 5.57 Å². The zero-order valence-electron chi connectivity index (χ0n) is 19.2. The number of rotatable bonds is 5. The van der Waals surface area contributed by atoms with Crippen LogP contribution in [0.4, 0.5) is 11.4 Å². The lowest BCUT2D eigenvalue weighted by Gasteiger charge is -2.21. The molecule has 0 spiro atoms. The molecular weight excluding hydrogens is 432 g/mol. The number of benzene rings is 3. The van der Waals surface area contributed by atoms with Crippen LogP contribution < -0.4 is 24.4 Å². The molecule has 0 saturated carbocycles. The molecule has 7 nitrogen and oxygen atoms in total. The topological polar surface area (TPSA) is 77.1 Å². The van der Waals surface area contributed by atoms with Gasteiger partial charge in [-0.2, -0.15) is 0 Å². The molecule has 2 amide bonds. The fourth-order valence-electron chi connectivity index (χ4n) is 4.28. The van der Waals surface area contributed by atoms with Crippen LogP contribution in [0.3, 0.4) is 0 Å². The number of fused-ring (bicyclic) bond motifs is 1. The van der Waals surface area contributed by atoms with Gasteiger partial charge < -0.3 is 19.5 Å². The molecular formula is C27H24N2O5. The number of aryl methyl sites for hydroxylation is 2. The number of ether oxygens (including phenoxy) is 3. The number of para-hydroxylation sites is 2. The standard InChI is InChI=1S/C27H24N2O5/c1-16-8-10-19(17(2)14-16)24-25(28-20-6-4-5-7-21(20)32-3)27(31)29(26(24)30)18-9-11-22-23(15-18)34-13-12-33-22/h4-11,14-15,28H,12-13H2,1-3H3. The number of anilines is 2. The molecule has 0 aliphatic carbocycles. The summed E-state index contributed by atoms with van der Waals surface area (Å²) in [6.07, 6.45) is 0. The Balaban J connectivity index is 1.63. The van der Waals surface area contributed by atoms with E-state index in [1.165, 1.54) is 4.90 Å². The fraction of sp³-hybridized carbons (Fsp3) is 0.185. The van der Waals surface area contributed by atoms with E-state index in [1.807, 2.05) is 44.2 Å². The normalized spacial score (nSPS) is 15.1. The van der Waals surface area contributed by atoms with E-state index in [9.17, 15) is 9.59 Å². The summed E-state index contributed by atoms with van der Waals surface area (Å²) in [4.78, 5) is 28.7. The molecule has 1 N–H and O–H groups in total. The van der Waals surface area contributed by atoms with Crippen molar-refractivity contribution in [2.75, 3.05) is 30.5 Å². The average Bonchev–Trinajstić information content (AvgIpc) is 3.08. The van der Waals surface area contributed by atoms with Crippen LogP contribution >= 0.6 is 0 Å². The number of carbonyl (C=O) groups is 2. The lowest BCUT2D eigenvalue weighted by Crippen LogP contribution is -2.32. The summed E-state index contributed by atoms with van der Waals surface area (Å²) in [5.74, 6) is 0.786. The summed E-state index contributed by atoms with van der Waals surface area (Å²) in [6.45, 7) is 4.78. The van der Waals surface area contributed by atoms with Gasteiger partial charge in [-0.05, 0) is 49.2 Å². The van der Waals surface area contributed by atoms with Crippen LogP contribution in [-0.2, 0) is 9.59 Å². The second kappa shape index (κ2) is 8.59. The predicted octanol–water partition coefficient (Wildman–Crippen LogP) is 4.48. The van der Waals surface area contributed by atoms with Gasteiger partial charge in [0.15, 0.2) is 11.5 Å². The van der Waals surface area contributed by atoms with Crippen LogP contribution in [0.15, 0.2) is 66.4 Å². The van der Waals surface area contributed by atoms with Gasteiger partial charge >= 0.3 is 0 Å². The summed E-state index contributed by atoms with van der Waals surface area (Å²) in [6, 6.07) is 18.1. The molecule has 0 atom stereocenters. The summed E-state index contributed by atoms with van der Waals surface area (Å²) in [5.41, 5.74) is 4.17. The highest BCUT2D eigenvalue weighted by Crippen LogP contribution is 2.40. The van der Waals surface area contributed by atoms with Crippen LogP contribution in [0.1, 0.15) is 16.7 Å². The van der Waals surface area contributed by atoms with E-state index in [0.29, 0.717) is 53.0 Å². The molecule has 3 aromatic carbocycles. The van der Waals surface area contributed by atoms with Crippen LogP contribution in [0.2, 0.25) is 0 Å². The molecule has 0 bridgehead atoms. The van der Waals surface area contributed by atoms with Gasteiger partial charge in [-0.25, -0.2) is 4.90 Å². The van der Waals surface area contributed by atoms with Crippen molar-refractivity contribution >= 4 is 28.8 Å². The lowest BCUT2D eigenvalue weighted by molar-refractivity contribution is -0.120. The number of methoxy groups -OCH3 is 1. The largest absolute Gasteiger partial charge is 0.495 e. The highest BCUT2D eigenvalue weighted by Gasteiger charge is 2.41. The summed E-state index contributed by atoms with van der Waals surface area (Å²) < 4.78 is 16.7. The molecule has 0 unspecified atom stereocenters. The first-order chi connectivity index (χ1) is 16.5. The smallest absolute Gasteiger partial charge is 0.282 e. The zero-order chi connectivity index (χ0) is 23.8. The maximum Gasteiger partial charge on any atom is 0.282 e. The maximum absolute atomic E-state index is 13.8. The first-order valence-electron chi connectivity index (χ1n) is 11.0. The Morgan fingerprint density at radius 1 is 0.882 bits per heavy atom. The molecule has 0 aromatic heterocycles. The van der Waals surface area contributed by atoms with E-state index in [1.54, 1.807) is 37.4 Å². The number of amides is 2. The molecule has 7 heteroatoms. The second-order valence-corrected chi connectivity index (χ2v) is 8.17. The number of hydrogen-bond acceptors (Lipinski definition) is 6. The number of hydrogen-bond donors (Lipinski definition) is 1. The average molecular weight is 456 g/mol. The van der Waals surface area contributed by atoms with E-state index < -0.39 is 11.8 Å². The molecule has 2 aliphatic heterocycles. The number of carbonyl (C=O) groups excluding carboxylic acids is 2. The Bertz CT molecular complexity index is 1340. The van der Waals surface area contributed by atoms with Gasteiger partial charge in [-0.3, -0.25) is 9.59 Å². The monoisotopic (exact) mass is 456 g/mol. The van der Waals surface area contributed by atoms with E-state index in [-0.39, 0.29) is 5.70 Å². The molecule has 0 saturated heterocycles. The third-order valence-electron chi connectivity index (χ3n) is 5.89. The molecule has 0 radical (unpaired) electrons. The molecule has 3 aromatic rings. The van der Waals surface area contributed by atoms with Crippen molar-refractivity contribution in [1.29, 1.82) is 0 Å². The summed E-state index contributed by atoms with van der Waals surface area (Å²) in [5, 5.41) is 3.18. The number of nitrogens with zero attached hydrogens (tertiary/aromatic N) is 1. The first-order valence-corrected chi connectivity index (χ1v) is 11.0. The fourth-order valence-corrected chi connectivity index (χ4v) is 4.28. The van der Waals surface area contributed by atoms with Gasteiger partial charge in [0.2, 0.25) is 0 Å². The Morgan fingerprint density at radius 3 is 2.41 bits per heavy atom. The summed E-state index contributed by atoms with van der Waals surface area (Å²) >= 11 is 0. The van der Waals surface area contributed by atoms with Crippen molar-refractivity contribution in [2.24, 2.45) is 0 Å². The SMILES string of the molecule is COc1ccccc1NC1=C(c2ccc(C)cc2C)C(=O)N(c2ccc3c(c2)OCCO3)C1=O. The minimum absolute atomic E-state index is 0.191. The van der Waals surface area contributed by atoms with Crippen LogP contribution in [-0.4, -0.2) is 32.1 Å². The summed E-state index contributed by atoms with van der Waals surface area (Å²) in [7, 11) is 1.56. The maximum atomic E-state index is 13.8. The van der Waals surface area contributed by atoms with Crippen molar-refractivity contribution in [2.45, 2.75) is 13.8 Å².